The predicted molar refractivity (Wildman–Crippen MR) is 77.3 cm³/mol. The van der Waals surface area contributed by atoms with Crippen molar-refractivity contribution >= 4 is 40.2 Å². The number of hydrogen-bond acceptors (Lipinski definition) is 4. The van der Waals surface area contributed by atoms with Crippen molar-refractivity contribution in [3.63, 3.8) is 0 Å². The quantitative estimate of drug-likeness (QED) is 0.437. The molecule has 94 valence electrons. The van der Waals surface area contributed by atoms with Gasteiger partial charge in [-0.05, 0) is 30.1 Å². The molecule has 17 heavy (non-hydrogen) atoms. The molecule has 1 rings (SSSR count). The summed E-state index contributed by atoms with van der Waals surface area (Å²) in [6.45, 7) is 4.11. The Balaban J connectivity index is 2.83. The SMILES string of the molecule is CCCCSc1ccc(Cl)nc1C(=O)SCC. The van der Waals surface area contributed by atoms with Gasteiger partial charge >= 0.3 is 0 Å². The third-order valence-corrected chi connectivity index (χ3v) is 4.14. The summed E-state index contributed by atoms with van der Waals surface area (Å²) in [5.41, 5.74) is 0.505. The van der Waals surface area contributed by atoms with Gasteiger partial charge in [-0.25, -0.2) is 4.98 Å². The van der Waals surface area contributed by atoms with Crippen LogP contribution in [0.2, 0.25) is 5.15 Å². The molecule has 0 atom stereocenters. The summed E-state index contributed by atoms with van der Waals surface area (Å²) in [4.78, 5) is 17.0. The van der Waals surface area contributed by atoms with Crippen LogP contribution in [0, 0.1) is 0 Å². The molecule has 0 bridgehead atoms. The number of carbonyl (C=O) groups is 1. The van der Waals surface area contributed by atoms with Gasteiger partial charge in [0.25, 0.3) is 0 Å². The molecule has 0 saturated heterocycles. The summed E-state index contributed by atoms with van der Waals surface area (Å²) in [6, 6.07) is 3.63. The Labute approximate surface area is 116 Å². The molecule has 1 heterocycles. The minimum Gasteiger partial charge on any atom is -0.280 e. The lowest BCUT2D eigenvalue weighted by Gasteiger charge is -2.06. The minimum absolute atomic E-state index is 0.00833. The number of hydrogen-bond donors (Lipinski definition) is 0. The highest BCUT2D eigenvalue weighted by molar-refractivity contribution is 8.14. The van der Waals surface area contributed by atoms with E-state index in [1.54, 1.807) is 17.8 Å². The van der Waals surface area contributed by atoms with E-state index in [0.717, 1.165) is 29.2 Å². The molecule has 0 spiro atoms. The van der Waals surface area contributed by atoms with Crippen molar-refractivity contribution < 1.29 is 4.79 Å². The van der Waals surface area contributed by atoms with Crippen molar-refractivity contribution in [1.82, 2.24) is 4.98 Å². The fraction of sp³-hybridized carbons (Fsp3) is 0.500. The average Bonchev–Trinajstić information content (AvgIpc) is 2.31. The maximum atomic E-state index is 11.9. The highest BCUT2D eigenvalue weighted by Crippen LogP contribution is 2.27. The second-order valence-corrected chi connectivity index (χ2v) is 6.16. The van der Waals surface area contributed by atoms with Crippen molar-refractivity contribution in [2.24, 2.45) is 0 Å². The van der Waals surface area contributed by atoms with E-state index in [9.17, 15) is 4.79 Å². The molecule has 0 saturated carbocycles. The number of unbranched alkanes of at least 4 members (excludes halogenated alkanes) is 1. The van der Waals surface area contributed by atoms with E-state index in [-0.39, 0.29) is 5.12 Å². The van der Waals surface area contributed by atoms with E-state index in [1.165, 1.54) is 11.8 Å². The van der Waals surface area contributed by atoms with Crippen molar-refractivity contribution in [3.8, 4) is 0 Å². The van der Waals surface area contributed by atoms with E-state index in [0.29, 0.717) is 10.8 Å². The maximum Gasteiger partial charge on any atom is 0.238 e. The van der Waals surface area contributed by atoms with Gasteiger partial charge in [-0.2, -0.15) is 0 Å². The Hall–Kier alpha value is -0.190. The summed E-state index contributed by atoms with van der Waals surface area (Å²) < 4.78 is 0. The van der Waals surface area contributed by atoms with Crippen LogP contribution >= 0.6 is 35.1 Å². The van der Waals surface area contributed by atoms with Crippen LogP contribution in [-0.2, 0) is 0 Å². The summed E-state index contributed by atoms with van der Waals surface area (Å²) in [5.74, 6) is 1.77. The summed E-state index contributed by atoms with van der Waals surface area (Å²) in [6.07, 6.45) is 2.29. The maximum absolute atomic E-state index is 11.9. The first kappa shape index (κ1) is 14.9. The van der Waals surface area contributed by atoms with Gasteiger partial charge in [0.15, 0.2) is 0 Å². The smallest absolute Gasteiger partial charge is 0.238 e. The lowest BCUT2D eigenvalue weighted by molar-refractivity contribution is 0.108. The Morgan fingerprint density at radius 2 is 2.18 bits per heavy atom. The predicted octanol–water partition coefficient (Wildman–Crippen LogP) is 4.52. The number of nitrogens with zero attached hydrogens (tertiary/aromatic N) is 1. The van der Waals surface area contributed by atoms with Gasteiger partial charge in [0.05, 0.1) is 0 Å². The number of rotatable bonds is 6. The molecule has 0 aliphatic heterocycles. The lowest BCUT2D eigenvalue weighted by atomic mass is 10.4. The highest BCUT2D eigenvalue weighted by Gasteiger charge is 2.14. The topological polar surface area (TPSA) is 30.0 Å². The Morgan fingerprint density at radius 1 is 1.41 bits per heavy atom. The molecule has 0 radical (unpaired) electrons. The highest BCUT2D eigenvalue weighted by atomic mass is 35.5. The monoisotopic (exact) mass is 289 g/mol. The van der Waals surface area contributed by atoms with Gasteiger partial charge in [-0.1, -0.05) is 43.6 Å². The van der Waals surface area contributed by atoms with Gasteiger partial charge in [0.2, 0.25) is 5.12 Å². The third-order valence-electron chi connectivity index (χ3n) is 2.05. The molecule has 0 aromatic carbocycles. The molecule has 0 aliphatic rings. The zero-order valence-electron chi connectivity index (χ0n) is 10.0. The summed E-state index contributed by atoms with van der Waals surface area (Å²) in [5, 5.41) is 0.388. The van der Waals surface area contributed by atoms with Crippen LogP contribution in [0.4, 0.5) is 0 Å². The first-order valence-electron chi connectivity index (χ1n) is 5.65. The van der Waals surface area contributed by atoms with Crippen LogP contribution in [0.1, 0.15) is 37.2 Å². The third kappa shape index (κ3) is 4.90. The Morgan fingerprint density at radius 3 is 2.82 bits per heavy atom. The van der Waals surface area contributed by atoms with Crippen molar-refractivity contribution in [2.75, 3.05) is 11.5 Å². The second kappa shape index (κ2) is 8.01. The first-order valence-corrected chi connectivity index (χ1v) is 8.00. The second-order valence-electron chi connectivity index (χ2n) is 3.40. The summed E-state index contributed by atoms with van der Waals surface area (Å²) in [7, 11) is 0. The normalized spacial score (nSPS) is 10.5. The summed E-state index contributed by atoms with van der Waals surface area (Å²) >= 11 is 8.79. The first-order chi connectivity index (χ1) is 8.19. The molecule has 0 amide bonds. The molecule has 0 unspecified atom stereocenters. The largest absolute Gasteiger partial charge is 0.280 e. The van der Waals surface area contributed by atoms with Gasteiger partial charge < -0.3 is 0 Å². The van der Waals surface area contributed by atoms with E-state index >= 15 is 0 Å². The minimum atomic E-state index is 0.00833. The van der Waals surface area contributed by atoms with Crippen LogP contribution in [-0.4, -0.2) is 21.6 Å². The van der Waals surface area contributed by atoms with E-state index in [2.05, 4.69) is 11.9 Å². The van der Waals surface area contributed by atoms with Gasteiger partial charge in [-0.3, -0.25) is 4.79 Å². The van der Waals surface area contributed by atoms with Crippen LogP contribution in [0.25, 0.3) is 0 Å². The fourth-order valence-corrected chi connectivity index (χ4v) is 3.07. The van der Waals surface area contributed by atoms with Crippen molar-refractivity contribution in [3.05, 3.63) is 23.0 Å². The number of aromatic nitrogens is 1. The number of thioether (sulfide) groups is 2. The standard InChI is InChI=1S/C12H16ClNOS2/c1-3-5-8-17-9-6-7-10(13)14-11(9)12(15)16-4-2/h6-7H,3-5,8H2,1-2H3. The molecule has 0 aliphatic carbocycles. The molecular formula is C12H16ClNOS2. The van der Waals surface area contributed by atoms with Gasteiger partial charge in [0.1, 0.15) is 10.8 Å². The van der Waals surface area contributed by atoms with Crippen LogP contribution in [0.5, 0.6) is 0 Å². The Bertz CT molecular complexity index is 385. The number of carbonyl (C=O) groups excluding carboxylic acids is 1. The van der Waals surface area contributed by atoms with Gasteiger partial charge in [0, 0.05) is 4.90 Å². The molecule has 0 fully saturated rings. The molecule has 2 nitrogen and oxygen atoms in total. The molecule has 5 heteroatoms. The molecule has 1 aromatic rings. The van der Waals surface area contributed by atoms with Crippen LogP contribution in [0.15, 0.2) is 17.0 Å². The zero-order valence-corrected chi connectivity index (χ0v) is 12.4. The fourth-order valence-electron chi connectivity index (χ4n) is 1.21. The van der Waals surface area contributed by atoms with Crippen LogP contribution in [0.3, 0.4) is 0 Å². The van der Waals surface area contributed by atoms with E-state index in [1.807, 2.05) is 13.0 Å². The number of pyridine rings is 1. The van der Waals surface area contributed by atoms with Gasteiger partial charge in [-0.15, -0.1) is 11.8 Å². The molecular weight excluding hydrogens is 274 g/mol. The number of halogens is 1. The molecule has 1 aromatic heterocycles. The van der Waals surface area contributed by atoms with Crippen molar-refractivity contribution in [2.45, 2.75) is 31.6 Å². The molecule has 0 N–H and O–H groups in total. The Kier molecular flexibility index (Phi) is 7.00. The lowest BCUT2D eigenvalue weighted by Crippen LogP contribution is -2.01. The van der Waals surface area contributed by atoms with Crippen LogP contribution < -0.4 is 0 Å². The average molecular weight is 290 g/mol. The zero-order chi connectivity index (χ0) is 12.7. The van der Waals surface area contributed by atoms with E-state index in [4.69, 9.17) is 11.6 Å². The van der Waals surface area contributed by atoms with E-state index < -0.39 is 0 Å². The van der Waals surface area contributed by atoms with Crippen molar-refractivity contribution in [1.29, 1.82) is 0 Å².